The molecule has 0 saturated heterocycles. The molecule has 9 nitrogen and oxygen atoms in total. The Balaban J connectivity index is 2.00. The average molecular weight is 487 g/mol. The highest BCUT2D eigenvalue weighted by molar-refractivity contribution is 5.98. The lowest BCUT2D eigenvalue weighted by Gasteiger charge is -2.21. The molecule has 2 aromatic rings. The van der Waals surface area contributed by atoms with Crippen molar-refractivity contribution in [3.8, 4) is 11.5 Å². The van der Waals surface area contributed by atoms with Gasteiger partial charge < -0.3 is 24.3 Å². The van der Waals surface area contributed by atoms with Crippen molar-refractivity contribution in [3.63, 3.8) is 0 Å². The van der Waals surface area contributed by atoms with Crippen LogP contribution in [0.15, 0.2) is 42.6 Å². The summed E-state index contributed by atoms with van der Waals surface area (Å²) in [4.78, 5) is 41.0. The van der Waals surface area contributed by atoms with Crippen LogP contribution in [0, 0.1) is 0 Å². The predicted molar refractivity (Wildman–Crippen MR) is 129 cm³/mol. The predicted octanol–water partition coefficient (Wildman–Crippen LogP) is 3.84. The summed E-state index contributed by atoms with van der Waals surface area (Å²) in [6, 6.07) is 10.8. The fraction of sp³-hybridized carbons (Fsp3) is 0.462. The number of amides is 1. The van der Waals surface area contributed by atoms with Gasteiger partial charge in [-0.15, -0.1) is 0 Å². The van der Waals surface area contributed by atoms with E-state index in [0.29, 0.717) is 19.3 Å². The number of aryl methyl sites for hydroxylation is 1. The van der Waals surface area contributed by atoms with Crippen LogP contribution in [-0.2, 0) is 25.5 Å². The molecule has 9 heteroatoms. The molecular weight excluding hydrogens is 452 g/mol. The number of hydrogen-bond acceptors (Lipinski definition) is 8. The first kappa shape index (κ1) is 27.6. The standard InChI is InChI=1S/C26H34N2O7/c1-5-10-21(26(31)35-18(2)11-9-14-20-12-7-6-8-13-20)28-25(30)23-24(34-17-33-19(3)29)22(32-4)15-16-27-23/h6-8,12-13,15-16,18,21H,5,9-11,14,17H2,1-4H3,(H,28,30)/t18-,21-/m0/s1. The number of ether oxygens (including phenoxy) is 4. The minimum atomic E-state index is -0.849. The fourth-order valence-corrected chi connectivity index (χ4v) is 3.41. The number of nitrogens with zero attached hydrogens (tertiary/aromatic N) is 1. The third-order valence-corrected chi connectivity index (χ3v) is 5.17. The van der Waals surface area contributed by atoms with Gasteiger partial charge in [0.15, 0.2) is 17.2 Å². The molecule has 0 aliphatic heterocycles. The summed E-state index contributed by atoms with van der Waals surface area (Å²) in [7, 11) is 1.41. The van der Waals surface area contributed by atoms with Crippen LogP contribution < -0.4 is 14.8 Å². The molecule has 2 atom stereocenters. The van der Waals surface area contributed by atoms with Crippen LogP contribution in [0.1, 0.15) is 62.5 Å². The van der Waals surface area contributed by atoms with Crippen LogP contribution in [0.5, 0.6) is 11.5 Å². The van der Waals surface area contributed by atoms with Crippen LogP contribution in [0.2, 0.25) is 0 Å². The van der Waals surface area contributed by atoms with Crippen molar-refractivity contribution >= 4 is 17.8 Å². The van der Waals surface area contributed by atoms with Gasteiger partial charge in [-0.3, -0.25) is 9.59 Å². The van der Waals surface area contributed by atoms with Crippen molar-refractivity contribution in [1.29, 1.82) is 0 Å². The summed E-state index contributed by atoms with van der Waals surface area (Å²) in [5.41, 5.74) is 1.14. The normalized spacial score (nSPS) is 12.2. The van der Waals surface area contributed by atoms with Crippen LogP contribution in [0.3, 0.4) is 0 Å². The van der Waals surface area contributed by atoms with Crippen molar-refractivity contribution in [1.82, 2.24) is 10.3 Å². The number of aromatic nitrogens is 1. The summed E-state index contributed by atoms with van der Waals surface area (Å²) in [6.45, 7) is 4.57. The lowest BCUT2D eigenvalue weighted by molar-refractivity contribution is -0.151. The van der Waals surface area contributed by atoms with Crippen molar-refractivity contribution in [3.05, 3.63) is 53.9 Å². The van der Waals surface area contributed by atoms with E-state index in [-0.39, 0.29) is 23.3 Å². The van der Waals surface area contributed by atoms with E-state index in [1.165, 1.54) is 31.9 Å². The highest BCUT2D eigenvalue weighted by Gasteiger charge is 2.27. The van der Waals surface area contributed by atoms with Gasteiger partial charge in [0.2, 0.25) is 6.79 Å². The maximum absolute atomic E-state index is 13.0. The average Bonchev–Trinajstić information content (AvgIpc) is 2.84. The Labute approximate surface area is 206 Å². The zero-order chi connectivity index (χ0) is 25.6. The van der Waals surface area contributed by atoms with E-state index in [2.05, 4.69) is 22.4 Å². The Morgan fingerprint density at radius 2 is 1.83 bits per heavy atom. The van der Waals surface area contributed by atoms with Gasteiger partial charge in [0.05, 0.1) is 13.2 Å². The van der Waals surface area contributed by atoms with Gasteiger partial charge in [-0.1, -0.05) is 43.7 Å². The number of methoxy groups -OCH3 is 1. The topological polar surface area (TPSA) is 113 Å². The maximum atomic E-state index is 13.0. The fourth-order valence-electron chi connectivity index (χ4n) is 3.41. The number of pyridine rings is 1. The van der Waals surface area contributed by atoms with Gasteiger partial charge in [0.1, 0.15) is 6.04 Å². The Morgan fingerprint density at radius 3 is 2.49 bits per heavy atom. The van der Waals surface area contributed by atoms with Crippen molar-refractivity contribution < 1.29 is 33.3 Å². The zero-order valence-corrected chi connectivity index (χ0v) is 20.7. The highest BCUT2D eigenvalue weighted by atomic mass is 16.7. The van der Waals surface area contributed by atoms with E-state index in [4.69, 9.17) is 18.9 Å². The molecule has 1 amide bonds. The second-order valence-electron chi connectivity index (χ2n) is 8.03. The Kier molecular flexibility index (Phi) is 11.5. The molecule has 1 N–H and O–H groups in total. The molecule has 0 aliphatic rings. The van der Waals surface area contributed by atoms with Crippen molar-refractivity contribution in [2.45, 2.75) is 65.0 Å². The van der Waals surface area contributed by atoms with Gasteiger partial charge in [0.25, 0.3) is 5.91 Å². The van der Waals surface area contributed by atoms with Gasteiger partial charge in [-0.05, 0) is 38.2 Å². The van der Waals surface area contributed by atoms with E-state index in [9.17, 15) is 14.4 Å². The minimum absolute atomic E-state index is 0.00615. The number of benzene rings is 1. The monoisotopic (exact) mass is 486 g/mol. The molecule has 35 heavy (non-hydrogen) atoms. The van der Waals surface area contributed by atoms with Gasteiger partial charge in [-0.25, -0.2) is 9.78 Å². The molecule has 0 bridgehead atoms. The smallest absolute Gasteiger partial charge is 0.328 e. The second kappa shape index (κ2) is 14.6. The van der Waals surface area contributed by atoms with E-state index in [1.54, 1.807) is 0 Å². The molecule has 1 aromatic carbocycles. The van der Waals surface area contributed by atoms with Crippen LogP contribution in [0.4, 0.5) is 0 Å². The molecule has 0 aliphatic carbocycles. The summed E-state index contributed by atoms with van der Waals surface area (Å²) in [5.74, 6) is -1.43. The SMILES string of the molecule is CCC[C@H](NC(=O)c1nccc(OC)c1OCOC(C)=O)C(=O)O[C@@H](C)CCCc1ccccc1. The summed E-state index contributed by atoms with van der Waals surface area (Å²) < 4.78 is 21.1. The molecule has 0 fully saturated rings. The minimum Gasteiger partial charge on any atom is -0.493 e. The van der Waals surface area contributed by atoms with Crippen LogP contribution >= 0.6 is 0 Å². The first-order valence-corrected chi connectivity index (χ1v) is 11.7. The third kappa shape index (κ3) is 9.27. The molecule has 2 rings (SSSR count). The number of hydrogen-bond donors (Lipinski definition) is 1. The molecule has 0 unspecified atom stereocenters. The third-order valence-electron chi connectivity index (χ3n) is 5.17. The number of nitrogens with one attached hydrogen (secondary N) is 1. The van der Waals surface area contributed by atoms with Crippen LogP contribution in [0.25, 0.3) is 0 Å². The maximum Gasteiger partial charge on any atom is 0.328 e. The Hall–Kier alpha value is -3.62. The lowest BCUT2D eigenvalue weighted by Crippen LogP contribution is -2.43. The second-order valence-corrected chi connectivity index (χ2v) is 8.03. The molecule has 0 spiro atoms. The molecule has 0 radical (unpaired) electrons. The summed E-state index contributed by atoms with van der Waals surface area (Å²) >= 11 is 0. The largest absolute Gasteiger partial charge is 0.493 e. The van der Waals surface area contributed by atoms with Gasteiger partial charge >= 0.3 is 11.9 Å². The van der Waals surface area contributed by atoms with Crippen molar-refractivity contribution in [2.75, 3.05) is 13.9 Å². The zero-order valence-electron chi connectivity index (χ0n) is 20.7. The van der Waals surface area contributed by atoms with E-state index in [0.717, 1.165) is 12.8 Å². The van der Waals surface area contributed by atoms with E-state index >= 15 is 0 Å². The summed E-state index contributed by atoms with van der Waals surface area (Å²) in [5, 5.41) is 2.69. The number of carbonyl (C=O) groups excluding carboxylic acids is 3. The first-order chi connectivity index (χ1) is 16.8. The van der Waals surface area contributed by atoms with Gasteiger partial charge in [0, 0.05) is 19.2 Å². The Morgan fingerprint density at radius 1 is 1.09 bits per heavy atom. The van der Waals surface area contributed by atoms with Crippen molar-refractivity contribution in [2.24, 2.45) is 0 Å². The van der Waals surface area contributed by atoms with E-state index < -0.39 is 30.7 Å². The first-order valence-electron chi connectivity index (χ1n) is 11.7. The van der Waals surface area contributed by atoms with Gasteiger partial charge in [-0.2, -0.15) is 0 Å². The number of esters is 2. The molecule has 0 saturated carbocycles. The summed E-state index contributed by atoms with van der Waals surface area (Å²) in [6.07, 6.45) is 4.63. The quantitative estimate of drug-likeness (QED) is 0.317. The Bertz CT molecular complexity index is 965. The number of carbonyl (C=O) groups is 3. The molecular formula is C26H34N2O7. The molecule has 1 heterocycles. The van der Waals surface area contributed by atoms with Crippen LogP contribution in [-0.4, -0.2) is 48.9 Å². The van der Waals surface area contributed by atoms with E-state index in [1.807, 2.05) is 32.0 Å². The highest BCUT2D eigenvalue weighted by Crippen LogP contribution is 2.29. The number of rotatable bonds is 14. The lowest BCUT2D eigenvalue weighted by atomic mass is 10.1. The molecule has 190 valence electrons. The molecule has 1 aromatic heterocycles.